The van der Waals surface area contributed by atoms with Crippen molar-refractivity contribution < 1.29 is 22.7 Å². The van der Waals surface area contributed by atoms with Crippen LogP contribution in [0.2, 0.25) is 10.0 Å². The van der Waals surface area contributed by atoms with Crippen molar-refractivity contribution in [2.45, 2.75) is 62.0 Å². The van der Waals surface area contributed by atoms with Gasteiger partial charge in [-0.25, -0.2) is 8.42 Å². The summed E-state index contributed by atoms with van der Waals surface area (Å²) in [6, 6.07) is 26.1. The Hall–Kier alpha value is -3.70. The van der Waals surface area contributed by atoms with E-state index in [-0.39, 0.29) is 35.5 Å². The molecule has 0 spiro atoms. The summed E-state index contributed by atoms with van der Waals surface area (Å²) in [5, 5.41) is 3.66. The zero-order chi connectivity index (χ0) is 35.6. The first-order chi connectivity index (χ1) is 23.5. The van der Waals surface area contributed by atoms with E-state index in [2.05, 4.69) is 5.32 Å². The average Bonchev–Trinajstić information content (AvgIpc) is 3.10. The maximum atomic E-state index is 14.7. The van der Waals surface area contributed by atoms with E-state index in [1.54, 1.807) is 54.6 Å². The quantitative estimate of drug-likeness (QED) is 0.118. The summed E-state index contributed by atoms with van der Waals surface area (Å²) in [5.41, 5.74) is 1.52. The molecule has 0 aliphatic rings. The monoisotopic (exact) mass is 741 g/mol. The lowest BCUT2D eigenvalue weighted by molar-refractivity contribution is -0.140. The van der Waals surface area contributed by atoms with Crippen LogP contribution in [-0.4, -0.2) is 56.6 Å². The topological polar surface area (TPSA) is 96.0 Å². The molecule has 2 atom stereocenters. The highest BCUT2D eigenvalue weighted by molar-refractivity contribution is 7.98. The van der Waals surface area contributed by atoms with Crippen LogP contribution in [0.5, 0.6) is 5.75 Å². The molecule has 12 heteroatoms. The van der Waals surface area contributed by atoms with Gasteiger partial charge in [-0.2, -0.15) is 0 Å². The van der Waals surface area contributed by atoms with Crippen LogP contribution in [0.15, 0.2) is 107 Å². The number of rotatable bonds is 16. The zero-order valence-electron chi connectivity index (χ0n) is 27.9. The lowest BCUT2D eigenvalue weighted by atomic mass is 10.0. The number of hydrogen-bond donors (Lipinski definition) is 1. The van der Waals surface area contributed by atoms with Crippen molar-refractivity contribution >= 4 is 62.5 Å². The number of carbonyl (C=O) groups is 2. The van der Waals surface area contributed by atoms with Crippen LogP contribution >= 0.6 is 35.0 Å². The van der Waals surface area contributed by atoms with Gasteiger partial charge >= 0.3 is 0 Å². The third-order valence-electron chi connectivity index (χ3n) is 8.02. The number of amides is 2. The first-order valence-electron chi connectivity index (χ1n) is 15.9. The first kappa shape index (κ1) is 38.1. The number of nitrogens with one attached hydrogen (secondary N) is 1. The van der Waals surface area contributed by atoms with E-state index in [9.17, 15) is 18.0 Å². The van der Waals surface area contributed by atoms with Crippen molar-refractivity contribution in [2.24, 2.45) is 0 Å². The molecule has 4 rings (SSSR count). The highest BCUT2D eigenvalue weighted by Gasteiger charge is 2.35. The summed E-state index contributed by atoms with van der Waals surface area (Å²) >= 11 is 14.7. The normalized spacial score (nSPS) is 12.5. The molecule has 2 amide bonds. The van der Waals surface area contributed by atoms with Gasteiger partial charge in [0.05, 0.1) is 17.2 Å². The van der Waals surface area contributed by atoms with E-state index in [0.717, 1.165) is 14.8 Å². The number of nitrogens with zero attached hydrogens (tertiary/aromatic N) is 2. The fraction of sp³-hybridized carbons (Fsp3) is 0.297. The Morgan fingerprint density at radius 1 is 0.878 bits per heavy atom. The Morgan fingerprint density at radius 2 is 1.51 bits per heavy atom. The first-order valence-corrected chi connectivity index (χ1v) is 19.4. The summed E-state index contributed by atoms with van der Waals surface area (Å²) in [6.45, 7) is 5.38. The van der Waals surface area contributed by atoms with E-state index < -0.39 is 28.5 Å². The van der Waals surface area contributed by atoms with Gasteiger partial charge in [0.15, 0.2) is 0 Å². The van der Waals surface area contributed by atoms with Gasteiger partial charge in [0, 0.05) is 39.5 Å². The van der Waals surface area contributed by atoms with Gasteiger partial charge in [0.1, 0.15) is 18.3 Å². The SMILES string of the molecule is CCOc1ccc(N(CC(=O)N(Cc2c(Cl)cccc2Cl)[C@@H](Cc2ccccc2)C(=O)N[C@H](C)CC)S(=O)(=O)c2ccc(SC)cc2)cc1. The van der Waals surface area contributed by atoms with E-state index in [4.69, 9.17) is 27.9 Å². The molecule has 0 aliphatic heterocycles. The number of ether oxygens (including phenoxy) is 1. The van der Waals surface area contributed by atoms with Crippen LogP contribution < -0.4 is 14.4 Å². The Morgan fingerprint density at radius 3 is 2.08 bits per heavy atom. The molecule has 8 nitrogen and oxygen atoms in total. The molecule has 0 radical (unpaired) electrons. The van der Waals surface area contributed by atoms with Crippen LogP contribution in [0, 0.1) is 0 Å². The van der Waals surface area contributed by atoms with Gasteiger partial charge in [-0.3, -0.25) is 13.9 Å². The Labute approximate surface area is 303 Å². The maximum absolute atomic E-state index is 14.7. The van der Waals surface area contributed by atoms with Gasteiger partial charge in [-0.1, -0.05) is 66.5 Å². The Kier molecular flexibility index (Phi) is 13.8. The third kappa shape index (κ3) is 9.94. The number of benzene rings is 4. The van der Waals surface area contributed by atoms with Gasteiger partial charge in [-0.05, 0) is 92.8 Å². The fourth-order valence-electron chi connectivity index (χ4n) is 5.13. The second-order valence-electron chi connectivity index (χ2n) is 11.4. The Bertz CT molecular complexity index is 1790. The standard InChI is InChI=1S/C37H41Cl2N3O5S2/c1-5-26(3)40-37(44)35(23-27-11-8-7-9-12-27)41(24-32-33(38)13-10-14-34(32)39)36(43)25-42(28-15-17-29(18-16-28)47-6-2)49(45,46)31-21-19-30(48-4)20-22-31/h7-22,26,35H,5-6,23-25H2,1-4H3,(H,40,44)/t26-,35+/m1/s1. The molecule has 0 fully saturated rings. The average molecular weight is 743 g/mol. The predicted molar refractivity (Wildman–Crippen MR) is 199 cm³/mol. The van der Waals surface area contributed by atoms with E-state index >= 15 is 0 Å². The molecule has 0 bridgehead atoms. The summed E-state index contributed by atoms with van der Waals surface area (Å²) in [6.07, 6.45) is 2.74. The van der Waals surface area contributed by atoms with Crippen molar-refractivity contribution in [2.75, 3.05) is 23.7 Å². The number of halogens is 2. The van der Waals surface area contributed by atoms with E-state index in [1.807, 2.05) is 57.4 Å². The molecule has 49 heavy (non-hydrogen) atoms. The zero-order valence-corrected chi connectivity index (χ0v) is 31.1. The fourth-order valence-corrected chi connectivity index (χ4v) is 7.47. The molecule has 4 aromatic rings. The molecule has 0 aromatic heterocycles. The van der Waals surface area contributed by atoms with Crippen molar-refractivity contribution in [1.29, 1.82) is 0 Å². The van der Waals surface area contributed by atoms with Gasteiger partial charge in [0.2, 0.25) is 11.8 Å². The van der Waals surface area contributed by atoms with Gasteiger partial charge in [0.25, 0.3) is 10.0 Å². The predicted octanol–water partition coefficient (Wildman–Crippen LogP) is 7.86. The van der Waals surface area contributed by atoms with Crippen LogP contribution in [0.3, 0.4) is 0 Å². The van der Waals surface area contributed by atoms with Gasteiger partial charge in [-0.15, -0.1) is 11.8 Å². The molecule has 0 saturated carbocycles. The smallest absolute Gasteiger partial charge is 0.264 e. The minimum atomic E-state index is -4.27. The minimum Gasteiger partial charge on any atom is -0.494 e. The lowest BCUT2D eigenvalue weighted by Crippen LogP contribution is -2.54. The minimum absolute atomic E-state index is 0.0167. The molecule has 1 N–H and O–H groups in total. The number of anilines is 1. The Balaban J connectivity index is 1.84. The van der Waals surface area contributed by atoms with Gasteiger partial charge < -0.3 is 15.0 Å². The molecule has 260 valence electrons. The molecule has 0 unspecified atom stereocenters. The van der Waals surface area contributed by atoms with Crippen LogP contribution in [0.4, 0.5) is 5.69 Å². The lowest BCUT2D eigenvalue weighted by Gasteiger charge is -2.34. The highest BCUT2D eigenvalue weighted by atomic mass is 35.5. The highest BCUT2D eigenvalue weighted by Crippen LogP contribution is 2.30. The van der Waals surface area contributed by atoms with Crippen LogP contribution in [0.1, 0.15) is 38.3 Å². The largest absolute Gasteiger partial charge is 0.494 e. The molecule has 0 aliphatic carbocycles. The van der Waals surface area contributed by atoms with Crippen LogP contribution in [-0.2, 0) is 32.6 Å². The van der Waals surface area contributed by atoms with E-state index in [1.165, 1.54) is 28.8 Å². The molecule has 0 heterocycles. The molecule has 0 saturated heterocycles. The second kappa shape index (κ2) is 17.8. The summed E-state index contributed by atoms with van der Waals surface area (Å²) in [4.78, 5) is 31.0. The second-order valence-corrected chi connectivity index (χ2v) is 14.9. The van der Waals surface area contributed by atoms with Crippen molar-refractivity contribution in [1.82, 2.24) is 10.2 Å². The van der Waals surface area contributed by atoms with Crippen molar-refractivity contribution in [3.05, 3.63) is 118 Å². The maximum Gasteiger partial charge on any atom is 0.264 e. The van der Waals surface area contributed by atoms with Crippen molar-refractivity contribution in [3.63, 3.8) is 0 Å². The van der Waals surface area contributed by atoms with E-state index in [0.29, 0.717) is 34.4 Å². The summed E-state index contributed by atoms with van der Waals surface area (Å²) < 4.78 is 35.3. The molecule has 4 aromatic carbocycles. The number of hydrogen-bond acceptors (Lipinski definition) is 6. The summed E-state index contributed by atoms with van der Waals surface area (Å²) in [5.74, 6) is -0.439. The summed E-state index contributed by atoms with van der Waals surface area (Å²) in [7, 11) is -4.27. The number of carbonyl (C=O) groups excluding carboxylic acids is 2. The third-order valence-corrected chi connectivity index (χ3v) is 11.3. The molecular weight excluding hydrogens is 701 g/mol. The number of sulfonamides is 1. The number of thioether (sulfide) groups is 1. The van der Waals surface area contributed by atoms with Crippen LogP contribution in [0.25, 0.3) is 0 Å². The molecular formula is C37H41Cl2N3O5S2. The van der Waals surface area contributed by atoms with Crippen molar-refractivity contribution in [3.8, 4) is 5.75 Å².